The minimum absolute atomic E-state index is 0.120. The van der Waals surface area contributed by atoms with E-state index >= 15 is 0 Å². The first-order valence-electron chi connectivity index (χ1n) is 8.21. The third-order valence-electron chi connectivity index (χ3n) is 3.98. The van der Waals surface area contributed by atoms with E-state index < -0.39 is 15.7 Å². The highest BCUT2D eigenvalue weighted by Crippen LogP contribution is 2.22. The van der Waals surface area contributed by atoms with E-state index in [0.29, 0.717) is 17.0 Å². The Morgan fingerprint density at radius 3 is 2.56 bits per heavy atom. The van der Waals surface area contributed by atoms with Gasteiger partial charge in [-0.25, -0.2) is 8.42 Å². The van der Waals surface area contributed by atoms with Crippen LogP contribution < -0.4 is 10.1 Å². The first kappa shape index (κ1) is 18.7. The van der Waals surface area contributed by atoms with Crippen molar-refractivity contribution >= 4 is 21.4 Å². The summed E-state index contributed by atoms with van der Waals surface area (Å²) >= 11 is 0. The normalized spacial score (nSPS) is 11.2. The van der Waals surface area contributed by atoms with E-state index in [-0.39, 0.29) is 17.3 Å². The summed E-state index contributed by atoms with van der Waals surface area (Å²) in [6.07, 6.45) is 2.53. The second kappa shape index (κ2) is 7.67. The largest absolute Gasteiger partial charge is 0.489 e. The molecule has 0 fully saturated rings. The highest BCUT2D eigenvalue weighted by Gasteiger charge is 2.18. The molecule has 0 spiro atoms. The lowest BCUT2D eigenvalue weighted by Gasteiger charge is -2.10. The Hall–Kier alpha value is -3.06. The number of carbonyl (C=O) groups is 1. The molecule has 0 aliphatic rings. The number of sulfone groups is 1. The van der Waals surface area contributed by atoms with Gasteiger partial charge < -0.3 is 14.5 Å². The van der Waals surface area contributed by atoms with Crippen molar-refractivity contribution in [2.24, 2.45) is 0 Å². The van der Waals surface area contributed by atoms with Crippen LogP contribution in [0.15, 0.2) is 70.2 Å². The third-order valence-corrected chi connectivity index (χ3v) is 5.09. The van der Waals surface area contributed by atoms with E-state index in [2.05, 4.69) is 5.32 Å². The molecular formula is C20H19NO5S. The molecule has 2 aromatic carbocycles. The number of ether oxygens (including phenoxy) is 1. The van der Waals surface area contributed by atoms with Crippen LogP contribution in [0.2, 0.25) is 0 Å². The zero-order chi connectivity index (χ0) is 19.4. The lowest BCUT2D eigenvalue weighted by atomic mass is 10.2. The molecule has 0 saturated carbocycles. The standard InChI is InChI=1S/C20H19NO5S/c1-14-8-9-17(27(2,23)24)12-18(14)21-20(22)19-15(10-11-25-19)13-26-16-6-4-3-5-7-16/h3-12H,13H2,1-2H3,(H,21,22). The van der Waals surface area contributed by atoms with Crippen LogP contribution in [0.4, 0.5) is 5.69 Å². The predicted octanol–water partition coefficient (Wildman–Crippen LogP) is 3.82. The van der Waals surface area contributed by atoms with Crippen molar-refractivity contribution in [2.45, 2.75) is 18.4 Å². The number of carbonyl (C=O) groups excluding carboxylic acids is 1. The molecule has 0 aliphatic carbocycles. The van der Waals surface area contributed by atoms with Crippen LogP contribution in [0.25, 0.3) is 0 Å². The van der Waals surface area contributed by atoms with Crippen molar-refractivity contribution in [3.8, 4) is 5.75 Å². The maximum Gasteiger partial charge on any atom is 0.291 e. The van der Waals surface area contributed by atoms with Gasteiger partial charge in [0, 0.05) is 17.5 Å². The molecule has 0 unspecified atom stereocenters. The van der Waals surface area contributed by atoms with Gasteiger partial charge in [-0.1, -0.05) is 24.3 Å². The molecule has 6 nitrogen and oxygen atoms in total. The summed E-state index contributed by atoms with van der Waals surface area (Å²) in [7, 11) is -3.37. The molecule has 0 aliphatic heterocycles. The van der Waals surface area contributed by atoms with Gasteiger partial charge in [0.2, 0.25) is 0 Å². The fourth-order valence-electron chi connectivity index (χ4n) is 2.47. The Labute approximate surface area is 157 Å². The quantitative estimate of drug-likeness (QED) is 0.697. The Morgan fingerprint density at radius 1 is 1.11 bits per heavy atom. The molecule has 3 aromatic rings. The molecule has 1 aromatic heterocycles. The second-order valence-electron chi connectivity index (χ2n) is 6.08. The fourth-order valence-corrected chi connectivity index (χ4v) is 3.12. The van der Waals surface area contributed by atoms with Crippen LogP contribution >= 0.6 is 0 Å². The number of nitrogens with one attached hydrogen (secondary N) is 1. The number of rotatable bonds is 6. The lowest BCUT2D eigenvalue weighted by molar-refractivity contribution is 0.0993. The summed E-state index contributed by atoms with van der Waals surface area (Å²) in [6, 6.07) is 15.5. The van der Waals surface area contributed by atoms with Crippen molar-refractivity contribution in [1.29, 1.82) is 0 Å². The van der Waals surface area contributed by atoms with Gasteiger partial charge in [0.1, 0.15) is 12.4 Å². The zero-order valence-electron chi connectivity index (χ0n) is 14.9. The van der Waals surface area contributed by atoms with Gasteiger partial charge in [-0.05, 0) is 42.8 Å². The number of aryl methyl sites for hydroxylation is 1. The van der Waals surface area contributed by atoms with Gasteiger partial charge in [0.05, 0.1) is 11.2 Å². The van der Waals surface area contributed by atoms with Crippen LogP contribution in [-0.4, -0.2) is 20.6 Å². The first-order valence-corrected chi connectivity index (χ1v) is 10.1. The minimum atomic E-state index is -3.37. The smallest absolute Gasteiger partial charge is 0.291 e. The molecule has 1 N–H and O–H groups in total. The Kier molecular flexibility index (Phi) is 5.32. The van der Waals surface area contributed by atoms with Gasteiger partial charge in [-0.3, -0.25) is 4.79 Å². The number of hydrogen-bond donors (Lipinski definition) is 1. The Balaban J connectivity index is 1.77. The number of hydrogen-bond acceptors (Lipinski definition) is 5. The molecular weight excluding hydrogens is 366 g/mol. The monoisotopic (exact) mass is 385 g/mol. The van der Waals surface area contributed by atoms with Gasteiger partial charge in [-0.2, -0.15) is 0 Å². The van der Waals surface area contributed by atoms with E-state index in [1.807, 2.05) is 30.3 Å². The first-order chi connectivity index (χ1) is 12.8. The van der Waals surface area contributed by atoms with Crippen LogP contribution in [0, 0.1) is 6.92 Å². The summed E-state index contributed by atoms with van der Waals surface area (Å²) < 4.78 is 34.4. The summed E-state index contributed by atoms with van der Waals surface area (Å²) in [5.74, 6) is 0.331. The Bertz CT molecular complexity index is 1050. The van der Waals surface area contributed by atoms with E-state index in [1.165, 1.54) is 18.4 Å². The average Bonchev–Trinajstić information content (AvgIpc) is 3.10. The summed E-state index contributed by atoms with van der Waals surface area (Å²) in [5.41, 5.74) is 1.74. The zero-order valence-corrected chi connectivity index (χ0v) is 15.7. The molecule has 27 heavy (non-hydrogen) atoms. The Morgan fingerprint density at radius 2 is 1.85 bits per heavy atom. The van der Waals surface area contributed by atoms with Crippen molar-refractivity contribution in [2.75, 3.05) is 11.6 Å². The summed E-state index contributed by atoms with van der Waals surface area (Å²) in [5, 5.41) is 2.71. The van der Waals surface area contributed by atoms with Crippen LogP contribution in [-0.2, 0) is 16.4 Å². The van der Waals surface area contributed by atoms with Crippen LogP contribution in [0.5, 0.6) is 5.75 Å². The summed E-state index contributed by atoms with van der Waals surface area (Å²) in [4.78, 5) is 12.7. The lowest BCUT2D eigenvalue weighted by Crippen LogP contribution is -2.15. The molecule has 0 saturated heterocycles. The van der Waals surface area contributed by atoms with E-state index in [0.717, 1.165) is 11.8 Å². The highest BCUT2D eigenvalue weighted by atomic mass is 32.2. The van der Waals surface area contributed by atoms with Gasteiger partial charge in [-0.15, -0.1) is 0 Å². The van der Waals surface area contributed by atoms with E-state index in [9.17, 15) is 13.2 Å². The number of benzene rings is 2. The van der Waals surface area contributed by atoms with E-state index in [4.69, 9.17) is 9.15 Å². The van der Waals surface area contributed by atoms with Gasteiger partial charge in [0.15, 0.2) is 15.6 Å². The molecule has 1 heterocycles. The van der Waals surface area contributed by atoms with Crippen molar-refractivity contribution in [1.82, 2.24) is 0 Å². The third kappa shape index (κ3) is 4.57. The molecule has 0 radical (unpaired) electrons. The van der Waals surface area contributed by atoms with Crippen LogP contribution in [0.1, 0.15) is 21.7 Å². The maximum atomic E-state index is 12.6. The number of anilines is 1. The molecule has 3 rings (SSSR count). The van der Waals surface area contributed by atoms with Gasteiger partial charge in [0.25, 0.3) is 5.91 Å². The average molecular weight is 385 g/mol. The molecule has 1 amide bonds. The van der Waals surface area contributed by atoms with Crippen molar-refractivity contribution in [3.05, 3.63) is 77.7 Å². The number of amides is 1. The predicted molar refractivity (Wildman–Crippen MR) is 102 cm³/mol. The molecule has 0 bridgehead atoms. The highest BCUT2D eigenvalue weighted by molar-refractivity contribution is 7.90. The van der Waals surface area contributed by atoms with Crippen LogP contribution in [0.3, 0.4) is 0 Å². The number of para-hydroxylation sites is 1. The van der Waals surface area contributed by atoms with Gasteiger partial charge >= 0.3 is 0 Å². The molecule has 0 atom stereocenters. The number of furan rings is 1. The topological polar surface area (TPSA) is 85.6 Å². The molecule has 7 heteroatoms. The van der Waals surface area contributed by atoms with E-state index in [1.54, 1.807) is 19.1 Å². The fraction of sp³-hybridized carbons (Fsp3) is 0.150. The van der Waals surface area contributed by atoms with Crippen molar-refractivity contribution < 1.29 is 22.4 Å². The second-order valence-corrected chi connectivity index (χ2v) is 8.10. The summed E-state index contributed by atoms with van der Waals surface area (Å²) in [6.45, 7) is 1.95. The van der Waals surface area contributed by atoms with Crippen molar-refractivity contribution in [3.63, 3.8) is 0 Å². The maximum absolute atomic E-state index is 12.6. The SMILES string of the molecule is Cc1ccc(S(C)(=O)=O)cc1NC(=O)c1occc1COc1ccccc1. The minimum Gasteiger partial charge on any atom is -0.489 e. The molecule has 140 valence electrons.